The van der Waals surface area contributed by atoms with Crippen molar-refractivity contribution in [2.75, 3.05) is 7.11 Å². The number of ether oxygens (including phenoxy) is 1. The maximum atomic E-state index is 14.2. The van der Waals surface area contributed by atoms with Gasteiger partial charge in [-0.15, -0.1) is 0 Å². The number of aryl methyl sites for hydroxylation is 2. The number of halogens is 1. The summed E-state index contributed by atoms with van der Waals surface area (Å²) in [4.78, 5) is 0. The first kappa shape index (κ1) is 15.5. The molecule has 2 nitrogen and oxygen atoms in total. The Bertz CT molecular complexity index is 625. The molecular formula is C18H22FNO. The number of hydrogen-bond donors (Lipinski definition) is 1. The van der Waals surface area contributed by atoms with Crippen LogP contribution in [0.1, 0.15) is 42.1 Å². The van der Waals surface area contributed by atoms with Crippen LogP contribution in [0, 0.1) is 5.82 Å². The van der Waals surface area contributed by atoms with Crippen molar-refractivity contribution in [1.29, 1.82) is 0 Å². The van der Waals surface area contributed by atoms with Gasteiger partial charge in [0.15, 0.2) is 0 Å². The zero-order valence-corrected chi connectivity index (χ0v) is 12.8. The van der Waals surface area contributed by atoms with Crippen LogP contribution in [0.25, 0.3) is 0 Å². The summed E-state index contributed by atoms with van der Waals surface area (Å²) in [6, 6.07) is 10.5. The summed E-state index contributed by atoms with van der Waals surface area (Å²) in [5.41, 5.74) is 10.1. The quantitative estimate of drug-likeness (QED) is 0.902. The van der Waals surface area contributed by atoms with E-state index in [1.807, 2.05) is 0 Å². The first-order chi connectivity index (χ1) is 10.1. The van der Waals surface area contributed by atoms with E-state index in [9.17, 15) is 4.39 Å². The third-order valence-corrected chi connectivity index (χ3v) is 3.88. The standard InChI is InChI=1S/C18H22FNO/c1-4-12-9-10-13(5-2)14(11-12)18(20)17-15(19)7-6-8-16(17)21-3/h6-11,18H,4-5,20H2,1-3H3. The molecule has 112 valence electrons. The van der Waals surface area contributed by atoms with Crippen LogP contribution in [-0.2, 0) is 12.8 Å². The fourth-order valence-electron chi connectivity index (χ4n) is 2.63. The van der Waals surface area contributed by atoms with E-state index in [-0.39, 0.29) is 5.82 Å². The molecule has 0 spiro atoms. The molecule has 1 atom stereocenters. The molecule has 2 rings (SSSR count). The van der Waals surface area contributed by atoms with Gasteiger partial charge in [-0.1, -0.05) is 38.1 Å². The number of methoxy groups -OCH3 is 1. The molecule has 0 aromatic heterocycles. The Morgan fingerprint density at radius 1 is 1.14 bits per heavy atom. The van der Waals surface area contributed by atoms with E-state index < -0.39 is 6.04 Å². The van der Waals surface area contributed by atoms with E-state index in [1.54, 1.807) is 12.1 Å². The van der Waals surface area contributed by atoms with Crippen LogP contribution in [0.3, 0.4) is 0 Å². The lowest BCUT2D eigenvalue weighted by molar-refractivity contribution is 0.402. The Hall–Kier alpha value is -1.87. The lowest BCUT2D eigenvalue weighted by atomic mass is 9.91. The van der Waals surface area contributed by atoms with E-state index in [1.165, 1.54) is 18.7 Å². The first-order valence-electron chi connectivity index (χ1n) is 7.32. The summed E-state index contributed by atoms with van der Waals surface area (Å²) in [6.45, 7) is 4.18. The Morgan fingerprint density at radius 2 is 1.90 bits per heavy atom. The second-order valence-electron chi connectivity index (χ2n) is 5.07. The predicted octanol–water partition coefficient (Wildman–Crippen LogP) is 4.01. The normalized spacial score (nSPS) is 12.2. The monoisotopic (exact) mass is 287 g/mol. The van der Waals surface area contributed by atoms with E-state index >= 15 is 0 Å². The summed E-state index contributed by atoms with van der Waals surface area (Å²) >= 11 is 0. The molecule has 0 amide bonds. The fraction of sp³-hybridized carbons (Fsp3) is 0.333. The minimum Gasteiger partial charge on any atom is -0.496 e. The topological polar surface area (TPSA) is 35.2 Å². The minimum absolute atomic E-state index is 0.328. The molecule has 2 aromatic carbocycles. The molecule has 2 N–H and O–H groups in total. The molecule has 0 fully saturated rings. The van der Waals surface area contributed by atoms with Gasteiger partial charge in [0.2, 0.25) is 0 Å². The number of hydrogen-bond acceptors (Lipinski definition) is 2. The largest absolute Gasteiger partial charge is 0.496 e. The molecular weight excluding hydrogens is 265 g/mol. The Morgan fingerprint density at radius 3 is 2.52 bits per heavy atom. The van der Waals surface area contributed by atoms with E-state index in [2.05, 4.69) is 32.0 Å². The van der Waals surface area contributed by atoms with Crippen LogP contribution in [0.4, 0.5) is 4.39 Å². The second-order valence-corrected chi connectivity index (χ2v) is 5.07. The molecule has 0 saturated heterocycles. The predicted molar refractivity (Wildman–Crippen MR) is 84.2 cm³/mol. The van der Waals surface area contributed by atoms with Crippen LogP contribution < -0.4 is 10.5 Å². The highest BCUT2D eigenvalue weighted by atomic mass is 19.1. The zero-order valence-electron chi connectivity index (χ0n) is 12.8. The van der Waals surface area contributed by atoms with E-state index in [0.717, 1.165) is 24.0 Å². The van der Waals surface area contributed by atoms with Crippen molar-refractivity contribution in [3.8, 4) is 5.75 Å². The van der Waals surface area contributed by atoms with Crippen LogP contribution in [0.5, 0.6) is 5.75 Å². The van der Waals surface area contributed by atoms with Gasteiger partial charge < -0.3 is 10.5 Å². The Labute approximate surface area is 125 Å². The summed E-state index contributed by atoms with van der Waals surface area (Å²) in [6.07, 6.45) is 1.79. The van der Waals surface area contributed by atoms with Crippen LogP contribution >= 0.6 is 0 Å². The molecule has 1 unspecified atom stereocenters. The molecule has 0 radical (unpaired) electrons. The van der Waals surface area contributed by atoms with Gasteiger partial charge in [-0.2, -0.15) is 0 Å². The summed E-state index contributed by atoms with van der Waals surface area (Å²) in [7, 11) is 1.54. The van der Waals surface area contributed by atoms with E-state index in [4.69, 9.17) is 10.5 Å². The van der Waals surface area contributed by atoms with Gasteiger partial charge in [0.05, 0.1) is 18.7 Å². The number of benzene rings is 2. The van der Waals surface area contributed by atoms with Crippen molar-refractivity contribution in [1.82, 2.24) is 0 Å². The van der Waals surface area contributed by atoms with Gasteiger partial charge in [-0.05, 0) is 41.7 Å². The fourth-order valence-corrected chi connectivity index (χ4v) is 2.63. The van der Waals surface area contributed by atoms with Crippen molar-refractivity contribution in [2.45, 2.75) is 32.7 Å². The van der Waals surface area contributed by atoms with Gasteiger partial charge in [-0.25, -0.2) is 4.39 Å². The number of rotatable bonds is 5. The molecule has 0 bridgehead atoms. The Balaban J connectivity index is 2.56. The highest BCUT2D eigenvalue weighted by molar-refractivity contribution is 5.45. The van der Waals surface area contributed by atoms with Gasteiger partial charge >= 0.3 is 0 Å². The highest BCUT2D eigenvalue weighted by Gasteiger charge is 2.20. The third-order valence-electron chi connectivity index (χ3n) is 3.88. The van der Waals surface area contributed by atoms with Crippen molar-refractivity contribution in [3.05, 3.63) is 64.5 Å². The molecule has 3 heteroatoms. The summed E-state index contributed by atoms with van der Waals surface area (Å²) in [5.74, 6) is 0.164. The molecule has 0 saturated carbocycles. The molecule has 2 aromatic rings. The Kier molecular flexibility index (Phi) is 4.97. The maximum absolute atomic E-state index is 14.2. The molecule has 0 aliphatic rings. The molecule has 0 aliphatic carbocycles. The van der Waals surface area contributed by atoms with Gasteiger partial charge in [0.25, 0.3) is 0 Å². The van der Waals surface area contributed by atoms with Crippen LogP contribution in [-0.4, -0.2) is 7.11 Å². The van der Waals surface area contributed by atoms with Gasteiger partial charge in [0.1, 0.15) is 11.6 Å². The van der Waals surface area contributed by atoms with Gasteiger partial charge in [-0.3, -0.25) is 0 Å². The second kappa shape index (κ2) is 6.72. The van der Waals surface area contributed by atoms with Crippen molar-refractivity contribution in [2.24, 2.45) is 5.73 Å². The smallest absolute Gasteiger partial charge is 0.132 e. The first-order valence-corrected chi connectivity index (χ1v) is 7.32. The van der Waals surface area contributed by atoms with Gasteiger partial charge in [0, 0.05) is 0 Å². The zero-order chi connectivity index (χ0) is 15.4. The lowest BCUT2D eigenvalue weighted by Gasteiger charge is -2.20. The van der Waals surface area contributed by atoms with E-state index in [0.29, 0.717) is 11.3 Å². The highest BCUT2D eigenvalue weighted by Crippen LogP contribution is 2.32. The average Bonchev–Trinajstić information content (AvgIpc) is 2.53. The SMILES string of the molecule is CCc1ccc(CC)c(C(N)c2c(F)cccc2OC)c1. The minimum atomic E-state index is -0.525. The maximum Gasteiger partial charge on any atom is 0.132 e. The summed E-state index contributed by atoms with van der Waals surface area (Å²) in [5, 5.41) is 0. The molecule has 0 heterocycles. The lowest BCUT2D eigenvalue weighted by Crippen LogP contribution is -2.17. The van der Waals surface area contributed by atoms with Crippen molar-refractivity contribution < 1.29 is 9.13 Å². The van der Waals surface area contributed by atoms with Crippen molar-refractivity contribution >= 4 is 0 Å². The third kappa shape index (κ3) is 3.08. The summed E-state index contributed by atoms with van der Waals surface area (Å²) < 4.78 is 19.5. The average molecular weight is 287 g/mol. The number of nitrogens with two attached hydrogens (primary N) is 1. The molecule has 0 aliphatic heterocycles. The molecule has 21 heavy (non-hydrogen) atoms. The van der Waals surface area contributed by atoms with Crippen LogP contribution in [0.2, 0.25) is 0 Å². The van der Waals surface area contributed by atoms with Crippen LogP contribution in [0.15, 0.2) is 36.4 Å². The van der Waals surface area contributed by atoms with Crippen molar-refractivity contribution in [3.63, 3.8) is 0 Å².